The van der Waals surface area contributed by atoms with Crippen molar-refractivity contribution in [1.82, 2.24) is 9.97 Å². The lowest BCUT2D eigenvalue weighted by Crippen LogP contribution is -2.30. The van der Waals surface area contributed by atoms with E-state index < -0.39 is 39.9 Å². The molecule has 1 rings (SSSR count). The van der Waals surface area contributed by atoms with E-state index in [2.05, 4.69) is 15.3 Å². The molecule has 9 heteroatoms. The Morgan fingerprint density at radius 2 is 1.81 bits per heavy atom. The predicted molar refractivity (Wildman–Crippen MR) is 71.9 cm³/mol. The Bertz CT molecular complexity index is 568. The number of alkyl halides is 2. The van der Waals surface area contributed by atoms with Crippen LogP contribution in [0.4, 0.5) is 19.4 Å². The molecule has 1 N–H and O–H groups in total. The van der Waals surface area contributed by atoms with Crippen LogP contribution >= 0.6 is 11.6 Å². The van der Waals surface area contributed by atoms with Gasteiger partial charge < -0.3 is 4.74 Å². The zero-order valence-electron chi connectivity index (χ0n) is 11.8. The third-order valence-corrected chi connectivity index (χ3v) is 2.33. The van der Waals surface area contributed by atoms with E-state index in [1.54, 1.807) is 20.8 Å². The zero-order chi connectivity index (χ0) is 16.4. The fourth-order valence-electron chi connectivity index (χ4n) is 1.28. The van der Waals surface area contributed by atoms with E-state index in [-0.39, 0.29) is 0 Å². The van der Waals surface area contributed by atoms with Gasteiger partial charge in [-0.2, -0.15) is 8.78 Å². The molecule has 0 radical (unpaired) electrons. The minimum Gasteiger partial charge on any atom is -0.444 e. The lowest BCUT2D eigenvalue weighted by molar-refractivity contribution is 0.0221. The van der Waals surface area contributed by atoms with Crippen molar-refractivity contribution in [3.05, 3.63) is 17.0 Å². The van der Waals surface area contributed by atoms with E-state index in [0.29, 0.717) is 6.92 Å². The first-order valence-electron chi connectivity index (χ1n) is 5.85. The van der Waals surface area contributed by atoms with Gasteiger partial charge in [0.2, 0.25) is 5.78 Å². The van der Waals surface area contributed by atoms with Crippen molar-refractivity contribution in [2.75, 3.05) is 5.32 Å². The van der Waals surface area contributed by atoms with Crippen LogP contribution < -0.4 is 5.32 Å². The van der Waals surface area contributed by atoms with E-state index in [0.717, 1.165) is 6.33 Å². The standard InChI is InChI=1S/C12H14ClF2N3O3/c1-11(2,3)21-10(20)18-9-6(7(19)12(4,14)15)8(13)16-5-17-9/h5H,1-4H3,(H,16,17,18,20). The first-order valence-corrected chi connectivity index (χ1v) is 6.23. The summed E-state index contributed by atoms with van der Waals surface area (Å²) < 4.78 is 31.3. The van der Waals surface area contributed by atoms with Gasteiger partial charge in [0.1, 0.15) is 22.6 Å². The summed E-state index contributed by atoms with van der Waals surface area (Å²) in [6.45, 7) is 5.26. The molecule has 21 heavy (non-hydrogen) atoms. The van der Waals surface area contributed by atoms with Crippen LogP contribution in [0.5, 0.6) is 0 Å². The fraction of sp³-hybridized carbons (Fsp3) is 0.500. The summed E-state index contributed by atoms with van der Waals surface area (Å²) in [5.41, 5.74) is -1.47. The highest BCUT2D eigenvalue weighted by atomic mass is 35.5. The number of halogens is 3. The molecule has 1 amide bonds. The number of ketones is 1. The minimum atomic E-state index is -3.68. The lowest BCUT2D eigenvalue weighted by Gasteiger charge is -2.20. The van der Waals surface area contributed by atoms with E-state index in [9.17, 15) is 18.4 Å². The van der Waals surface area contributed by atoms with Gasteiger partial charge in [0.25, 0.3) is 0 Å². The molecule has 0 saturated carbocycles. The summed E-state index contributed by atoms with van der Waals surface area (Å²) >= 11 is 5.65. The SMILES string of the molecule is CC(C)(C)OC(=O)Nc1ncnc(Cl)c1C(=O)C(C)(F)F. The maximum Gasteiger partial charge on any atom is 0.413 e. The molecule has 0 bridgehead atoms. The van der Waals surface area contributed by atoms with Crippen LogP contribution in [-0.4, -0.2) is 33.4 Å². The second-order valence-corrected chi connectivity index (χ2v) is 5.59. The number of nitrogens with zero attached hydrogens (tertiary/aromatic N) is 2. The van der Waals surface area contributed by atoms with Crippen molar-refractivity contribution < 1.29 is 23.1 Å². The van der Waals surface area contributed by atoms with E-state index in [4.69, 9.17) is 16.3 Å². The third kappa shape index (κ3) is 4.89. The summed E-state index contributed by atoms with van der Waals surface area (Å²) in [7, 11) is 0. The monoisotopic (exact) mass is 321 g/mol. The van der Waals surface area contributed by atoms with Gasteiger partial charge in [0.15, 0.2) is 5.82 Å². The largest absolute Gasteiger partial charge is 0.444 e. The van der Waals surface area contributed by atoms with Gasteiger partial charge in [0.05, 0.1) is 0 Å². The Labute approximate surface area is 124 Å². The number of amides is 1. The number of rotatable bonds is 3. The molecule has 1 aromatic heterocycles. The summed E-state index contributed by atoms with van der Waals surface area (Å²) in [6.07, 6.45) is -0.0228. The number of nitrogens with one attached hydrogen (secondary N) is 1. The van der Waals surface area contributed by atoms with Gasteiger partial charge >= 0.3 is 12.0 Å². The van der Waals surface area contributed by atoms with Crippen molar-refractivity contribution in [2.45, 2.75) is 39.2 Å². The van der Waals surface area contributed by atoms with E-state index in [1.165, 1.54) is 0 Å². The van der Waals surface area contributed by atoms with E-state index >= 15 is 0 Å². The summed E-state index contributed by atoms with van der Waals surface area (Å²) in [5.74, 6) is -5.71. The molecule has 0 aliphatic carbocycles. The molecular formula is C12H14ClF2N3O3. The van der Waals surface area contributed by atoms with Crippen molar-refractivity contribution in [3.63, 3.8) is 0 Å². The molecule has 6 nitrogen and oxygen atoms in total. The number of ether oxygens (including phenoxy) is 1. The summed E-state index contributed by atoms with van der Waals surface area (Å²) in [4.78, 5) is 30.3. The molecular weight excluding hydrogens is 308 g/mol. The smallest absolute Gasteiger partial charge is 0.413 e. The predicted octanol–water partition coefficient (Wildman–Crippen LogP) is 3.31. The molecule has 1 heterocycles. The van der Waals surface area contributed by atoms with Crippen LogP contribution in [0, 0.1) is 0 Å². The first kappa shape index (κ1) is 17.2. The second kappa shape index (κ2) is 5.88. The fourth-order valence-corrected chi connectivity index (χ4v) is 1.50. The molecule has 0 spiro atoms. The van der Waals surface area contributed by atoms with Gasteiger partial charge in [0, 0.05) is 6.92 Å². The molecule has 0 unspecified atom stereocenters. The highest BCUT2D eigenvalue weighted by Crippen LogP contribution is 2.28. The summed E-state index contributed by atoms with van der Waals surface area (Å²) in [6, 6.07) is 0. The number of hydrogen-bond acceptors (Lipinski definition) is 5. The van der Waals surface area contributed by atoms with Gasteiger partial charge in [-0.05, 0) is 20.8 Å². The second-order valence-electron chi connectivity index (χ2n) is 5.23. The Hall–Kier alpha value is -1.83. The molecule has 0 saturated heterocycles. The lowest BCUT2D eigenvalue weighted by atomic mass is 10.1. The number of hydrogen-bond donors (Lipinski definition) is 1. The van der Waals surface area contributed by atoms with Gasteiger partial charge in [-0.15, -0.1) is 0 Å². The van der Waals surface area contributed by atoms with Crippen LogP contribution in [0.2, 0.25) is 5.15 Å². The van der Waals surface area contributed by atoms with Crippen molar-refractivity contribution in [1.29, 1.82) is 0 Å². The normalized spacial score (nSPS) is 12.0. The van der Waals surface area contributed by atoms with Crippen LogP contribution in [0.15, 0.2) is 6.33 Å². The minimum absolute atomic E-state index is 0.413. The molecule has 0 aromatic carbocycles. The topological polar surface area (TPSA) is 81.2 Å². The van der Waals surface area contributed by atoms with E-state index in [1.807, 2.05) is 0 Å². The van der Waals surface area contributed by atoms with Crippen LogP contribution in [0.1, 0.15) is 38.1 Å². The Balaban J connectivity index is 3.12. The molecule has 1 aromatic rings. The Morgan fingerprint density at radius 3 is 2.29 bits per heavy atom. The van der Waals surface area contributed by atoms with Crippen molar-refractivity contribution in [2.24, 2.45) is 0 Å². The molecule has 0 aliphatic rings. The maximum absolute atomic E-state index is 13.2. The highest BCUT2D eigenvalue weighted by molar-refractivity contribution is 6.34. The zero-order valence-corrected chi connectivity index (χ0v) is 12.6. The summed E-state index contributed by atoms with van der Waals surface area (Å²) in [5, 5.41) is 1.63. The van der Waals surface area contributed by atoms with Gasteiger partial charge in [-0.25, -0.2) is 14.8 Å². The number of carbonyl (C=O) groups is 2. The van der Waals surface area contributed by atoms with Gasteiger partial charge in [-0.1, -0.05) is 11.6 Å². The number of Topliss-reactive ketones (excluding diaryl/α,β-unsaturated/α-hetero) is 1. The molecule has 0 fully saturated rings. The van der Waals surface area contributed by atoms with Crippen molar-refractivity contribution in [3.8, 4) is 0 Å². The van der Waals surface area contributed by atoms with Crippen LogP contribution in [0.25, 0.3) is 0 Å². The number of carbonyl (C=O) groups excluding carboxylic acids is 2. The molecule has 0 atom stereocenters. The number of anilines is 1. The average molecular weight is 322 g/mol. The van der Waals surface area contributed by atoms with Crippen molar-refractivity contribution >= 4 is 29.3 Å². The quantitative estimate of drug-likeness (QED) is 0.682. The molecule has 116 valence electrons. The highest BCUT2D eigenvalue weighted by Gasteiger charge is 2.37. The average Bonchev–Trinajstić information content (AvgIpc) is 2.24. The Kier molecular flexibility index (Phi) is 4.83. The maximum atomic E-state index is 13.2. The first-order chi connectivity index (χ1) is 9.42. The third-order valence-electron chi connectivity index (χ3n) is 2.05. The number of aromatic nitrogens is 2. The van der Waals surface area contributed by atoms with Gasteiger partial charge in [-0.3, -0.25) is 10.1 Å². The van der Waals surface area contributed by atoms with Crippen LogP contribution in [-0.2, 0) is 4.74 Å². The Morgan fingerprint density at radius 1 is 1.24 bits per heavy atom. The molecule has 0 aliphatic heterocycles. The van der Waals surface area contributed by atoms with Crippen LogP contribution in [0.3, 0.4) is 0 Å².